The summed E-state index contributed by atoms with van der Waals surface area (Å²) in [5.41, 5.74) is 3.99. The van der Waals surface area contributed by atoms with Crippen LogP contribution < -0.4 is 62.0 Å². The first-order valence-corrected chi connectivity index (χ1v) is 47.8. The van der Waals surface area contributed by atoms with Crippen molar-refractivity contribution in [3.63, 3.8) is 0 Å². The van der Waals surface area contributed by atoms with E-state index in [4.69, 9.17) is 24.6 Å². The van der Waals surface area contributed by atoms with E-state index >= 15 is 38.4 Å². The summed E-state index contributed by atoms with van der Waals surface area (Å²) in [5, 5.41) is 36.0. The van der Waals surface area contributed by atoms with Crippen molar-refractivity contribution in [3.8, 4) is 11.5 Å². The lowest BCUT2D eigenvalue weighted by Gasteiger charge is -2.37. The molecule has 32 heteroatoms. The van der Waals surface area contributed by atoms with Gasteiger partial charge in [0.05, 0.1) is 29.1 Å². The minimum atomic E-state index is -4.37. The van der Waals surface area contributed by atoms with Crippen LogP contribution in [-0.2, 0) is 93.9 Å². The van der Waals surface area contributed by atoms with E-state index < -0.39 is 164 Å². The Bertz CT molecular complexity index is 5560. The predicted molar refractivity (Wildman–Crippen MR) is 507 cm³/mol. The number of imidazole rings is 1. The average molecular weight is 1840 g/mol. The van der Waals surface area contributed by atoms with Crippen LogP contribution in [0.1, 0.15) is 204 Å². The highest BCUT2D eigenvalue weighted by Gasteiger charge is 2.45. The number of aromatic amines is 1. The zero-order chi connectivity index (χ0) is 96.2. The number of H-pyrrole nitrogens is 1. The van der Waals surface area contributed by atoms with Crippen LogP contribution in [0.4, 0.5) is 0 Å². The molecule has 0 spiro atoms. The van der Waals surface area contributed by atoms with Crippen molar-refractivity contribution in [1.29, 1.82) is 5.41 Å². The monoisotopic (exact) mass is 1840 g/mol. The zero-order valence-electron chi connectivity index (χ0n) is 79.3. The molecule has 2 aromatic heterocycles. The number of carbonyl (C=O) groups excluding carboxylic acids is 10. The first-order valence-electron chi connectivity index (χ1n) is 46.3. The second-order valence-electron chi connectivity index (χ2n) is 39.2. The molecule has 3 fully saturated rings. The van der Waals surface area contributed by atoms with Gasteiger partial charge in [-0.1, -0.05) is 149 Å². The Balaban J connectivity index is 0.912. The number of benzene rings is 6. The van der Waals surface area contributed by atoms with Gasteiger partial charge in [0, 0.05) is 86.6 Å². The zero-order valence-corrected chi connectivity index (χ0v) is 80.1. The minimum absolute atomic E-state index is 0.00276. The highest BCUT2D eigenvalue weighted by atomic mass is 32.2. The lowest BCUT2D eigenvalue weighted by Crippen LogP contribution is -2.62. The molecular weight excluding hydrogens is 1710 g/mol. The van der Waals surface area contributed by atoms with Gasteiger partial charge in [-0.15, -0.1) is 0 Å². The van der Waals surface area contributed by atoms with Crippen LogP contribution in [0.15, 0.2) is 163 Å². The van der Waals surface area contributed by atoms with E-state index in [9.17, 15) is 18.0 Å². The van der Waals surface area contributed by atoms with Crippen LogP contribution >= 0.6 is 0 Å². The number of nitrogens with zero attached hydrogens (tertiary/aromatic N) is 4. The molecule has 133 heavy (non-hydrogen) atoms. The quantitative estimate of drug-likeness (QED) is 0.0123. The number of ether oxygens (including phenoxy) is 3. The Morgan fingerprint density at radius 1 is 0.571 bits per heavy atom. The van der Waals surface area contributed by atoms with E-state index in [1.165, 1.54) is 9.80 Å². The van der Waals surface area contributed by atoms with Crippen molar-refractivity contribution in [1.82, 2.24) is 76.9 Å². The SMILES string of the molecule is Cc1c(C)c(S(=O)(=O)NC(=N)NCCC[C@@H]2NC(=O)[C@H](CC(C)C)NC(=O)[C@@H](CC(C)C)NC(=O)[C@H](Cc3ccc(OC(C)(C)C)cc3)NC(=O)[C@H](COC(C)(C)C)NC(=O)[C@H](Cc3c[nH]c4ccccc34)NC(=O)[C@H](Cc3cn(C(c4ccccc4)(c4ccccc4)c4ccccc4)cn3)NC(=O)[C@@H]3CCCN3C(=O)CC(C)NC(=O)[C@@H]3CCCN3C2=O)c(C)c2c1OC(C)(C)C2. The van der Waals surface area contributed by atoms with Gasteiger partial charge in [0.25, 0.3) is 10.0 Å². The number of sulfonamides is 1. The Morgan fingerprint density at radius 3 is 1.62 bits per heavy atom. The molecule has 10 atom stereocenters. The maximum Gasteiger partial charge on any atom is 0.264 e. The van der Waals surface area contributed by atoms with E-state index in [2.05, 4.69) is 57.6 Å². The maximum atomic E-state index is 16.1. The normalized spacial score (nSPS) is 22.1. The summed E-state index contributed by atoms with van der Waals surface area (Å²) < 4.78 is 51.8. The van der Waals surface area contributed by atoms with Crippen LogP contribution in [0.2, 0.25) is 0 Å². The Morgan fingerprint density at radius 2 is 1.06 bits per heavy atom. The Labute approximate surface area is 780 Å². The molecule has 4 aliphatic rings. The molecule has 12 N–H and O–H groups in total. The van der Waals surface area contributed by atoms with Crippen LogP contribution in [0.3, 0.4) is 0 Å². The standard InChI is InChI=1S/C101H132N16O15S/c1-60(2)49-77-88(119)107-76(39-28-46-103-97(102)114-133(128,129)87-64(7)63(6)86-74(65(87)8)55-100(15,16)132-86)96(127)117-48-30-41-84(117)94(125)106-62(5)51-85(118)116-47-29-40-83(116)95(126)112-81(54-71-57-115(59-105-71)101(68-31-20-17-21-32-68,69-33-22-18-23-34-69)70-35-24-19-25-36-70)92(123)111-80(53-67-56-104-75-38-27-26-37-73(67)75)91(122)113-82(58-130-98(9,10)11)93(124)110-79(90(121)109-78(50-61(3)4)89(120)108-77)52-66-42-44-72(45-43-66)131-99(12,13)14/h17-27,31-38,42-45,56-57,59-62,76-84,104H,28-30,39-41,46-55,58H2,1-16H3,(H,106,125)(H,107,119)(H,108,120)(H,109,121)(H,110,124)(H,111,123)(H,112,126)(H,113,122)(H3,102,103,114)/t62?,76-,77-,78+,79-,80-,81-,82-,83-,84-/m0/s1. The summed E-state index contributed by atoms with van der Waals surface area (Å²) in [6.07, 6.45) is 5.67. The number of guanidine groups is 1. The van der Waals surface area contributed by atoms with E-state index in [0.717, 1.165) is 22.3 Å². The second kappa shape index (κ2) is 42.6. The largest absolute Gasteiger partial charge is 0.488 e. The van der Waals surface area contributed by atoms with Gasteiger partial charge in [-0.25, -0.2) is 18.1 Å². The van der Waals surface area contributed by atoms with Crippen molar-refractivity contribution < 1.29 is 70.6 Å². The second-order valence-corrected chi connectivity index (χ2v) is 40.8. The third-order valence-electron chi connectivity index (χ3n) is 24.8. The highest BCUT2D eigenvalue weighted by Crippen LogP contribution is 2.45. The number of carbonyl (C=O) groups is 10. The van der Waals surface area contributed by atoms with Crippen molar-refractivity contribution in [2.75, 3.05) is 26.2 Å². The molecule has 712 valence electrons. The fraction of sp³-hybridized carbons (Fsp3) is 0.485. The summed E-state index contributed by atoms with van der Waals surface area (Å²) in [6, 6.07) is 30.4. The third-order valence-corrected chi connectivity index (χ3v) is 26.4. The molecule has 0 bridgehead atoms. The molecule has 6 aromatic carbocycles. The molecule has 31 nitrogen and oxygen atoms in total. The minimum Gasteiger partial charge on any atom is -0.488 e. The molecule has 0 saturated carbocycles. The van der Waals surface area contributed by atoms with E-state index in [1.807, 2.05) is 188 Å². The van der Waals surface area contributed by atoms with Crippen LogP contribution in [0.25, 0.3) is 10.9 Å². The predicted octanol–water partition coefficient (Wildman–Crippen LogP) is 9.52. The van der Waals surface area contributed by atoms with E-state index in [0.29, 0.717) is 75.2 Å². The smallest absolute Gasteiger partial charge is 0.264 e. The lowest BCUT2D eigenvalue weighted by atomic mass is 9.77. The molecule has 10 amide bonds. The molecule has 0 aliphatic carbocycles. The number of aromatic nitrogens is 3. The van der Waals surface area contributed by atoms with Gasteiger partial charge >= 0.3 is 0 Å². The summed E-state index contributed by atoms with van der Waals surface area (Å²) >= 11 is 0. The number of rotatable bonds is 23. The first kappa shape index (κ1) is 99.6. The number of para-hydroxylation sites is 1. The summed E-state index contributed by atoms with van der Waals surface area (Å²) in [4.78, 5) is 166. The van der Waals surface area contributed by atoms with Crippen molar-refractivity contribution in [3.05, 3.63) is 214 Å². The van der Waals surface area contributed by atoms with Gasteiger partial charge in [-0.2, -0.15) is 0 Å². The Hall–Kier alpha value is -12.5. The van der Waals surface area contributed by atoms with Gasteiger partial charge < -0.3 is 81.4 Å². The van der Waals surface area contributed by atoms with Gasteiger partial charge in [0.2, 0.25) is 65.0 Å². The third kappa shape index (κ3) is 24.9. The van der Waals surface area contributed by atoms with Gasteiger partial charge in [0.1, 0.15) is 82.6 Å². The number of hydrogen-bond acceptors (Lipinski definition) is 17. The molecule has 12 rings (SSSR count). The van der Waals surface area contributed by atoms with Gasteiger partial charge in [-0.05, 0) is 209 Å². The molecule has 1 unspecified atom stereocenters. The summed E-state index contributed by atoms with van der Waals surface area (Å²) in [6.45, 7) is 28.6. The average Bonchev–Trinajstić information content (AvgIpc) is 1.72. The number of nitrogens with one attached hydrogen (secondary N) is 12. The Kier molecular flexibility index (Phi) is 31.9. The van der Waals surface area contributed by atoms with E-state index in [1.54, 1.807) is 85.3 Å². The highest BCUT2D eigenvalue weighted by molar-refractivity contribution is 7.90. The van der Waals surface area contributed by atoms with Crippen molar-refractivity contribution in [2.24, 2.45) is 11.8 Å². The fourth-order valence-corrected chi connectivity index (χ4v) is 19.9. The number of hydrogen-bond donors (Lipinski definition) is 12. The molecule has 4 aliphatic heterocycles. The van der Waals surface area contributed by atoms with Gasteiger partial charge in [-0.3, -0.25) is 53.4 Å². The molecule has 3 saturated heterocycles. The first-order chi connectivity index (χ1) is 63.0. The van der Waals surface area contributed by atoms with Gasteiger partial charge in [0.15, 0.2) is 0 Å². The maximum absolute atomic E-state index is 16.1. The van der Waals surface area contributed by atoms with Crippen LogP contribution in [0.5, 0.6) is 11.5 Å². The molecule has 8 aromatic rings. The lowest BCUT2D eigenvalue weighted by molar-refractivity contribution is -0.142. The van der Waals surface area contributed by atoms with Crippen molar-refractivity contribution in [2.45, 2.75) is 282 Å². The van der Waals surface area contributed by atoms with Crippen LogP contribution in [-0.4, -0.2) is 201 Å². The molecular formula is C101H132N16O15S. The summed E-state index contributed by atoms with van der Waals surface area (Å²) in [7, 11) is -4.37. The number of fused-ring (bicyclic) bond motifs is 4. The summed E-state index contributed by atoms with van der Waals surface area (Å²) in [5.74, 6) is -7.53. The molecule has 6 heterocycles. The molecule has 0 radical (unpaired) electrons. The fourth-order valence-electron chi connectivity index (χ4n) is 18.4. The number of amides is 10. The van der Waals surface area contributed by atoms with Crippen LogP contribution in [0, 0.1) is 38.0 Å². The van der Waals surface area contributed by atoms with Crippen molar-refractivity contribution >= 4 is 86.0 Å². The topological polar surface area (TPSA) is 417 Å². The van der Waals surface area contributed by atoms with E-state index in [-0.39, 0.29) is 101 Å².